The molecule has 3 aromatic rings. The van der Waals surface area contributed by atoms with Crippen LogP contribution in [-0.2, 0) is 4.79 Å². The molecule has 0 unspecified atom stereocenters. The zero-order valence-electron chi connectivity index (χ0n) is 18.4. The van der Waals surface area contributed by atoms with Gasteiger partial charge in [-0.15, -0.1) is 0 Å². The summed E-state index contributed by atoms with van der Waals surface area (Å²) in [4.78, 5) is 20.1. The molecule has 34 heavy (non-hydrogen) atoms. The van der Waals surface area contributed by atoms with E-state index in [1.165, 1.54) is 23.8 Å². The fraction of sp³-hybridized carbons (Fsp3) is 0.120. The van der Waals surface area contributed by atoms with Gasteiger partial charge in [0.25, 0.3) is 5.91 Å². The molecule has 1 aliphatic rings. The standard InChI is InChI=1S/C25H19Cl3N2O3S/c1-13-4-6-16(11-18(13)26)29-25-30(17-7-5-14(2)19(27)12-17)24(32)22(34-25)10-15-8-20(28)23(31)21(9-15)33-3/h4-12,31H,1-3H3/b22-10+,29-25?. The molecule has 0 aliphatic carbocycles. The van der Waals surface area contributed by atoms with Gasteiger partial charge in [0.2, 0.25) is 0 Å². The number of aryl methyl sites for hydroxylation is 2. The summed E-state index contributed by atoms with van der Waals surface area (Å²) in [5.41, 5.74) is 3.63. The van der Waals surface area contributed by atoms with Crippen molar-refractivity contribution in [2.75, 3.05) is 12.0 Å². The second-order valence-electron chi connectivity index (χ2n) is 7.57. The minimum absolute atomic E-state index is 0.118. The second kappa shape index (κ2) is 9.92. The monoisotopic (exact) mass is 532 g/mol. The molecule has 0 spiro atoms. The maximum atomic E-state index is 13.5. The van der Waals surface area contributed by atoms with Gasteiger partial charge in [-0.25, -0.2) is 4.99 Å². The van der Waals surface area contributed by atoms with E-state index in [4.69, 9.17) is 44.5 Å². The first-order chi connectivity index (χ1) is 16.2. The molecule has 0 atom stereocenters. The van der Waals surface area contributed by atoms with Crippen LogP contribution in [-0.4, -0.2) is 23.3 Å². The average Bonchev–Trinajstić information content (AvgIpc) is 3.09. The number of anilines is 1. The van der Waals surface area contributed by atoms with E-state index in [9.17, 15) is 9.90 Å². The van der Waals surface area contributed by atoms with Crippen LogP contribution in [0.4, 0.5) is 11.4 Å². The predicted octanol–water partition coefficient (Wildman–Crippen LogP) is 7.79. The number of ether oxygens (including phenoxy) is 1. The highest BCUT2D eigenvalue weighted by molar-refractivity contribution is 8.19. The summed E-state index contributed by atoms with van der Waals surface area (Å²) < 4.78 is 5.18. The van der Waals surface area contributed by atoms with Crippen molar-refractivity contribution in [3.05, 3.63) is 85.2 Å². The van der Waals surface area contributed by atoms with E-state index in [0.717, 1.165) is 11.1 Å². The summed E-state index contributed by atoms with van der Waals surface area (Å²) in [6.45, 7) is 3.80. The van der Waals surface area contributed by atoms with E-state index < -0.39 is 0 Å². The van der Waals surface area contributed by atoms with Crippen molar-refractivity contribution >= 4 is 75.1 Å². The van der Waals surface area contributed by atoms with Crippen LogP contribution in [0.1, 0.15) is 16.7 Å². The van der Waals surface area contributed by atoms with Crippen LogP contribution in [0, 0.1) is 13.8 Å². The number of thioether (sulfide) groups is 1. The Morgan fingerprint density at radius 1 is 0.971 bits per heavy atom. The molecule has 0 saturated carbocycles. The molecule has 0 aromatic heterocycles. The molecular formula is C25H19Cl3N2O3S. The number of carbonyl (C=O) groups excluding carboxylic acids is 1. The van der Waals surface area contributed by atoms with Crippen molar-refractivity contribution < 1.29 is 14.6 Å². The van der Waals surface area contributed by atoms with Crippen LogP contribution in [0.3, 0.4) is 0 Å². The van der Waals surface area contributed by atoms with E-state index >= 15 is 0 Å². The first kappa shape index (κ1) is 24.5. The number of carbonyl (C=O) groups is 1. The molecule has 1 heterocycles. The Labute approximate surface area is 216 Å². The van der Waals surface area contributed by atoms with Crippen LogP contribution >= 0.6 is 46.6 Å². The number of hydrogen-bond acceptors (Lipinski definition) is 5. The number of amides is 1. The van der Waals surface area contributed by atoms with Gasteiger partial charge in [-0.2, -0.15) is 0 Å². The van der Waals surface area contributed by atoms with Crippen LogP contribution in [0.15, 0.2) is 58.4 Å². The first-order valence-electron chi connectivity index (χ1n) is 10.1. The van der Waals surface area contributed by atoms with Gasteiger partial charge in [-0.3, -0.25) is 9.69 Å². The van der Waals surface area contributed by atoms with Gasteiger partial charge in [0, 0.05) is 10.0 Å². The third-order valence-corrected chi connectivity index (χ3v) is 7.24. The van der Waals surface area contributed by atoms with E-state index in [1.807, 2.05) is 38.1 Å². The number of rotatable bonds is 4. The Bertz CT molecular complexity index is 1370. The Morgan fingerprint density at radius 2 is 1.65 bits per heavy atom. The van der Waals surface area contributed by atoms with E-state index in [1.54, 1.807) is 30.3 Å². The lowest BCUT2D eigenvalue weighted by molar-refractivity contribution is -0.113. The third-order valence-electron chi connectivity index (χ3n) is 5.17. The van der Waals surface area contributed by atoms with E-state index in [-0.39, 0.29) is 22.4 Å². The highest BCUT2D eigenvalue weighted by atomic mass is 35.5. The predicted molar refractivity (Wildman–Crippen MR) is 142 cm³/mol. The van der Waals surface area contributed by atoms with Crippen molar-refractivity contribution in [3.8, 4) is 11.5 Å². The lowest BCUT2D eigenvalue weighted by Gasteiger charge is -2.16. The summed E-state index contributed by atoms with van der Waals surface area (Å²) in [5.74, 6) is -0.226. The number of halogens is 3. The second-order valence-corrected chi connectivity index (χ2v) is 9.80. The third kappa shape index (κ3) is 4.91. The fourth-order valence-corrected chi connectivity index (χ4v) is 4.81. The average molecular weight is 534 g/mol. The molecule has 9 heteroatoms. The molecule has 1 N–H and O–H groups in total. The first-order valence-corrected chi connectivity index (χ1v) is 12.0. The summed E-state index contributed by atoms with van der Waals surface area (Å²) in [6.07, 6.45) is 1.67. The van der Waals surface area contributed by atoms with Crippen molar-refractivity contribution in [1.29, 1.82) is 0 Å². The molecule has 174 valence electrons. The summed E-state index contributed by atoms with van der Waals surface area (Å²) in [5, 5.41) is 11.7. The van der Waals surface area contributed by atoms with Gasteiger partial charge in [0.1, 0.15) is 0 Å². The Kier molecular flexibility index (Phi) is 7.14. The molecule has 4 rings (SSSR count). The number of hydrogen-bond donors (Lipinski definition) is 1. The fourth-order valence-electron chi connectivity index (χ4n) is 3.24. The number of aliphatic imine (C=N–C) groups is 1. The largest absolute Gasteiger partial charge is 0.503 e. The van der Waals surface area contributed by atoms with Crippen molar-refractivity contribution in [3.63, 3.8) is 0 Å². The Balaban J connectivity index is 1.82. The Morgan fingerprint density at radius 3 is 2.29 bits per heavy atom. The van der Waals surface area contributed by atoms with Gasteiger partial charge in [0.15, 0.2) is 16.7 Å². The van der Waals surface area contributed by atoms with Crippen molar-refractivity contribution in [1.82, 2.24) is 0 Å². The maximum Gasteiger partial charge on any atom is 0.271 e. The molecule has 1 saturated heterocycles. The smallest absolute Gasteiger partial charge is 0.271 e. The molecule has 1 amide bonds. The molecular weight excluding hydrogens is 515 g/mol. The highest BCUT2D eigenvalue weighted by Crippen LogP contribution is 2.41. The normalized spacial score (nSPS) is 16.1. The molecule has 3 aromatic carbocycles. The molecule has 5 nitrogen and oxygen atoms in total. The number of aromatic hydroxyl groups is 1. The van der Waals surface area contributed by atoms with Gasteiger partial charge in [-0.05, 0) is 84.8 Å². The highest BCUT2D eigenvalue weighted by Gasteiger charge is 2.35. The van der Waals surface area contributed by atoms with Gasteiger partial charge in [0.05, 0.1) is 28.4 Å². The van der Waals surface area contributed by atoms with E-state index in [0.29, 0.717) is 37.1 Å². The number of nitrogens with zero attached hydrogens (tertiary/aromatic N) is 2. The van der Waals surface area contributed by atoms with Crippen LogP contribution < -0.4 is 9.64 Å². The number of amidine groups is 1. The topological polar surface area (TPSA) is 62.1 Å². The SMILES string of the molecule is COc1cc(/C=C2/SC(=Nc3ccc(C)c(Cl)c3)N(c3ccc(C)c(Cl)c3)C2=O)cc(Cl)c1O. The van der Waals surface area contributed by atoms with Crippen LogP contribution in [0.25, 0.3) is 6.08 Å². The minimum Gasteiger partial charge on any atom is -0.503 e. The lowest BCUT2D eigenvalue weighted by Crippen LogP contribution is -2.28. The number of phenolic OH excluding ortho intramolecular Hbond substituents is 1. The van der Waals surface area contributed by atoms with Crippen LogP contribution in [0.5, 0.6) is 11.5 Å². The van der Waals surface area contributed by atoms with Crippen molar-refractivity contribution in [2.45, 2.75) is 13.8 Å². The summed E-state index contributed by atoms with van der Waals surface area (Å²) in [7, 11) is 1.43. The molecule has 0 bridgehead atoms. The van der Waals surface area contributed by atoms with Gasteiger partial charge >= 0.3 is 0 Å². The molecule has 1 fully saturated rings. The maximum absolute atomic E-state index is 13.5. The molecule has 1 aliphatic heterocycles. The quantitative estimate of drug-likeness (QED) is 0.348. The number of methoxy groups -OCH3 is 1. The number of benzene rings is 3. The number of phenols is 1. The van der Waals surface area contributed by atoms with Crippen LogP contribution in [0.2, 0.25) is 15.1 Å². The minimum atomic E-state index is -0.273. The van der Waals surface area contributed by atoms with Gasteiger partial charge in [-0.1, -0.05) is 46.9 Å². The zero-order valence-corrected chi connectivity index (χ0v) is 21.5. The van der Waals surface area contributed by atoms with E-state index in [2.05, 4.69) is 0 Å². The molecule has 0 radical (unpaired) electrons. The summed E-state index contributed by atoms with van der Waals surface area (Å²) >= 11 is 20.0. The van der Waals surface area contributed by atoms with Crippen molar-refractivity contribution in [2.24, 2.45) is 4.99 Å². The van der Waals surface area contributed by atoms with Gasteiger partial charge < -0.3 is 9.84 Å². The zero-order chi connectivity index (χ0) is 24.6. The summed E-state index contributed by atoms with van der Waals surface area (Å²) in [6, 6.07) is 14.0. The lowest BCUT2D eigenvalue weighted by atomic mass is 10.1. The Hall–Kier alpha value is -2.64.